The minimum absolute atomic E-state index is 0.0771. The number of aliphatic hydroxyl groups excluding tert-OH is 1. The van der Waals surface area contributed by atoms with Crippen molar-refractivity contribution in [3.63, 3.8) is 0 Å². The predicted molar refractivity (Wildman–Crippen MR) is 83.6 cm³/mol. The highest BCUT2D eigenvalue weighted by Gasteiger charge is 2.37. The summed E-state index contributed by atoms with van der Waals surface area (Å²) >= 11 is 0. The first-order valence-corrected chi connectivity index (χ1v) is 8.96. The molecular weight excluding hydrogens is 286 g/mol. The quantitative estimate of drug-likeness (QED) is 0.930. The van der Waals surface area contributed by atoms with Gasteiger partial charge in [0.15, 0.2) is 0 Å². The van der Waals surface area contributed by atoms with E-state index >= 15 is 0 Å². The summed E-state index contributed by atoms with van der Waals surface area (Å²) in [5.74, 6) is 0.311. The van der Waals surface area contributed by atoms with Gasteiger partial charge >= 0.3 is 0 Å². The molecular formula is C16H25NO3S. The maximum atomic E-state index is 13.0. The second-order valence-corrected chi connectivity index (χ2v) is 8.13. The number of sulfonamides is 1. The summed E-state index contributed by atoms with van der Waals surface area (Å²) in [5, 5.41) is 9.40. The van der Waals surface area contributed by atoms with Gasteiger partial charge in [-0.1, -0.05) is 19.9 Å². The lowest BCUT2D eigenvalue weighted by Crippen LogP contribution is -2.38. The van der Waals surface area contributed by atoms with Crippen LogP contribution in [0.25, 0.3) is 0 Å². The van der Waals surface area contributed by atoms with E-state index < -0.39 is 10.0 Å². The highest BCUT2D eigenvalue weighted by atomic mass is 32.2. The SMILES string of the molecule is Cc1cc(C)c(S(=O)(=O)N2CCCC2C(C)C)cc1CO. The first-order chi connectivity index (χ1) is 9.78. The van der Waals surface area contributed by atoms with Crippen LogP contribution in [0.5, 0.6) is 0 Å². The van der Waals surface area contributed by atoms with E-state index in [1.165, 1.54) is 0 Å². The standard InChI is InChI=1S/C16H25NO3S/c1-11(2)15-6-5-7-17(15)21(19,20)16-9-14(10-18)12(3)8-13(16)4/h8-9,11,15,18H,5-7,10H2,1-4H3. The van der Waals surface area contributed by atoms with Crippen LogP contribution in [0.2, 0.25) is 0 Å². The molecule has 0 bridgehead atoms. The Morgan fingerprint density at radius 1 is 1.29 bits per heavy atom. The summed E-state index contributed by atoms with van der Waals surface area (Å²) in [6.45, 7) is 8.30. The number of hydrogen-bond donors (Lipinski definition) is 1. The maximum Gasteiger partial charge on any atom is 0.243 e. The molecule has 1 fully saturated rings. The van der Waals surface area contributed by atoms with Gasteiger partial charge in [-0.3, -0.25) is 0 Å². The van der Waals surface area contributed by atoms with Gasteiger partial charge in [0.2, 0.25) is 10.0 Å². The summed E-state index contributed by atoms with van der Waals surface area (Å²) < 4.78 is 27.6. The van der Waals surface area contributed by atoms with E-state index in [-0.39, 0.29) is 12.6 Å². The van der Waals surface area contributed by atoms with E-state index in [0.717, 1.165) is 24.0 Å². The lowest BCUT2D eigenvalue weighted by Gasteiger charge is -2.27. The molecule has 1 N–H and O–H groups in total. The molecule has 0 aliphatic carbocycles. The molecule has 5 heteroatoms. The molecule has 0 aromatic heterocycles. The van der Waals surface area contributed by atoms with Gasteiger partial charge in [-0.05, 0) is 55.4 Å². The van der Waals surface area contributed by atoms with E-state index in [2.05, 4.69) is 13.8 Å². The Balaban J connectivity index is 2.49. The Morgan fingerprint density at radius 3 is 2.52 bits per heavy atom. The van der Waals surface area contributed by atoms with Gasteiger partial charge < -0.3 is 5.11 Å². The third kappa shape index (κ3) is 3.00. The largest absolute Gasteiger partial charge is 0.392 e. The number of nitrogens with zero attached hydrogens (tertiary/aromatic N) is 1. The molecule has 118 valence electrons. The lowest BCUT2D eigenvalue weighted by molar-refractivity contribution is 0.280. The molecule has 1 heterocycles. The average Bonchev–Trinajstić information content (AvgIpc) is 2.88. The Kier molecular flexibility index (Phi) is 4.76. The van der Waals surface area contributed by atoms with Gasteiger partial charge in [0.1, 0.15) is 0 Å². The smallest absolute Gasteiger partial charge is 0.243 e. The Hall–Kier alpha value is -0.910. The van der Waals surface area contributed by atoms with Crippen molar-refractivity contribution < 1.29 is 13.5 Å². The highest BCUT2D eigenvalue weighted by molar-refractivity contribution is 7.89. The van der Waals surface area contributed by atoms with Gasteiger partial charge in [-0.15, -0.1) is 0 Å². The van der Waals surface area contributed by atoms with Crippen LogP contribution in [0, 0.1) is 19.8 Å². The summed E-state index contributed by atoms with van der Waals surface area (Å²) in [6.07, 6.45) is 1.84. The van der Waals surface area contributed by atoms with Crippen LogP contribution in [0.4, 0.5) is 0 Å². The average molecular weight is 311 g/mol. The zero-order valence-corrected chi connectivity index (χ0v) is 14.1. The summed E-state index contributed by atoms with van der Waals surface area (Å²) in [4.78, 5) is 0.338. The number of aliphatic hydroxyl groups is 1. The molecule has 4 nitrogen and oxygen atoms in total. The van der Waals surface area contributed by atoms with Crippen molar-refractivity contribution in [2.45, 2.75) is 58.1 Å². The molecule has 0 amide bonds. The molecule has 0 saturated carbocycles. The Labute approximate surface area is 127 Å². The number of rotatable bonds is 4. The number of aryl methyl sites for hydroxylation is 2. The van der Waals surface area contributed by atoms with Gasteiger partial charge in [0.05, 0.1) is 11.5 Å². The zero-order valence-electron chi connectivity index (χ0n) is 13.3. The van der Waals surface area contributed by atoms with Crippen LogP contribution >= 0.6 is 0 Å². The van der Waals surface area contributed by atoms with Crippen LogP contribution in [-0.4, -0.2) is 30.4 Å². The van der Waals surface area contributed by atoms with Crippen molar-refractivity contribution in [3.05, 3.63) is 28.8 Å². The molecule has 1 aliphatic heterocycles. The number of hydrogen-bond acceptors (Lipinski definition) is 3. The van der Waals surface area contributed by atoms with E-state index in [0.29, 0.717) is 22.9 Å². The van der Waals surface area contributed by atoms with E-state index in [9.17, 15) is 13.5 Å². The van der Waals surface area contributed by atoms with Crippen molar-refractivity contribution >= 4 is 10.0 Å². The van der Waals surface area contributed by atoms with Crippen LogP contribution in [0.3, 0.4) is 0 Å². The molecule has 2 rings (SSSR count). The first-order valence-electron chi connectivity index (χ1n) is 7.52. The van der Waals surface area contributed by atoms with Crippen molar-refractivity contribution in [2.24, 2.45) is 5.92 Å². The normalized spacial score (nSPS) is 20.4. The fourth-order valence-corrected chi connectivity index (χ4v) is 5.26. The monoisotopic (exact) mass is 311 g/mol. The van der Waals surface area contributed by atoms with E-state index in [4.69, 9.17) is 0 Å². The van der Waals surface area contributed by atoms with Crippen molar-refractivity contribution in [1.29, 1.82) is 0 Å². The molecule has 0 spiro atoms. The van der Waals surface area contributed by atoms with Crippen molar-refractivity contribution in [2.75, 3.05) is 6.54 Å². The van der Waals surface area contributed by atoms with Crippen molar-refractivity contribution in [1.82, 2.24) is 4.31 Å². The maximum absolute atomic E-state index is 13.0. The lowest BCUT2D eigenvalue weighted by atomic mass is 10.0. The molecule has 1 aromatic carbocycles. The summed E-state index contributed by atoms with van der Waals surface area (Å²) in [7, 11) is -3.49. The second kappa shape index (κ2) is 6.07. The van der Waals surface area contributed by atoms with Crippen LogP contribution in [0.1, 0.15) is 43.4 Å². The Bertz CT molecular complexity index is 623. The number of benzene rings is 1. The predicted octanol–water partition coefficient (Wildman–Crippen LogP) is 2.60. The topological polar surface area (TPSA) is 57.6 Å². The fourth-order valence-electron chi connectivity index (χ4n) is 3.18. The van der Waals surface area contributed by atoms with Gasteiger partial charge in [0.25, 0.3) is 0 Å². The van der Waals surface area contributed by atoms with Crippen LogP contribution in [-0.2, 0) is 16.6 Å². The Morgan fingerprint density at radius 2 is 1.95 bits per heavy atom. The molecule has 21 heavy (non-hydrogen) atoms. The van der Waals surface area contributed by atoms with Gasteiger partial charge in [0, 0.05) is 12.6 Å². The molecule has 1 unspecified atom stereocenters. The summed E-state index contributed by atoms with van der Waals surface area (Å²) in [6, 6.07) is 3.56. The summed E-state index contributed by atoms with van der Waals surface area (Å²) in [5.41, 5.74) is 2.36. The van der Waals surface area contributed by atoms with Crippen LogP contribution < -0.4 is 0 Å². The van der Waals surface area contributed by atoms with E-state index in [1.54, 1.807) is 10.4 Å². The minimum atomic E-state index is -3.49. The van der Waals surface area contributed by atoms with Crippen LogP contribution in [0.15, 0.2) is 17.0 Å². The van der Waals surface area contributed by atoms with E-state index in [1.807, 2.05) is 19.9 Å². The second-order valence-electron chi connectivity index (χ2n) is 6.27. The fraction of sp³-hybridized carbons (Fsp3) is 0.625. The van der Waals surface area contributed by atoms with Gasteiger partial charge in [-0.25, -0.2) is 8.42 Å². The third-order valence-electron chi connectivity index (χ3n) is 4.41. The minimum Gasteiger partial charge on any atom is -0.392 e. The zero-order chi connectivity index (χ0) is 15.8. The molecule has 1 aliphatic rings. The first kappa shape index (κ1) is 16.5. The molecule has 1 saturated heterocycles. The van der Waals surface area contributed by atoms with Gasteiger partial charge in [-0.2, -0.15) is 4.31 Å². The molecule has 1 atom stereocenters. The third-order valence-corrected chi connectivity index (χ3v) is 6.47. The highest BCUT2D eigenvalue weighted by Crippen LogP contribution is 2.32. The van der Waals surface area contributed by atoms with Crippen molar-refractivity contribution in [3.8, 4) is 0 Å². The molecule has 0 radical (unpaired) electrons. The molecule has 1 aromatic rings.